The highest BCUT2D eigenvalue weighted by molar-refractivity contribution is 9.10. The number of nitrogens with one attached hydrogen (secondary N) is 1. The molecule has 0 bridgehead atoms. The highest BCUT2D eigenvalue weighted by Crippen LogP contribution is 2.26. The fourth-order valence-corrected chi connectivity index (χ4v) is 2.85. The Labute approximate surface area is 130 Å². The molecule has 1 aromatic carbocycles. The second kappa shape index (κ2) is 6.97. The zero-order chi connectivity index (χ0) is 14.5. The van der Waals surface area contributed by atoms with Gasteiger partial charge in [-0.3, -0.25) is 4.79 Å². The molecule has 1 heterocycles. The topological polar surface area (TPSA) is 62.2 Å². The summed E-state index contributed by atoms with van der Waals surface area (Å²) in [5.74, 6) is -0.128. The van der Waals surface area contributed by atoms with Crippen molar-refractivity contribution in [1.82, 2.24) is 10.3 Å². The third kappa shape index (κ3) is 4.40. The van der Waals surface area contributed by atoms with Crippen LogP contribution in [0.15, 0.2) is 34.1 Å². The van der Waals surface area contributed by atoms with Crippen molar-refractivity contribution >= 4 is 33.2 Å². The number of carbonyl (C=O) groups excluding carboxylic acids is 1. The lowest BCUT2D eigenvalue weighted by atomic mass is 10.2. The molecule has 1 atom stereocenters. The van der Waals surface area contributed by atoms with Crippen molar-refractivity contribution in [3.63, 3.8) is 0 Å². The largest absolute Gasteiger partial charge is 0.392 e. The van der Waals surface area contributed by atoms with Gasteiger partial charge in [-0.1, -0.05) is 28.1 Å². The second-order valence-electron chi connectivity index (χ2n) is 4.48. The number of carbonyl (C=O) groups is 1. The summed E-state index contributed by atoms with van der Waals surface area (Å²) in [6.45, 7) is 1.90. The first-order valence-electron chi connectivity index (χ1n) is 6.19. The molecular formula is C14H15BrN2O2S. The van der Waals surface area contributed by atoms with E-state index in [0.717, 1.165) is 20.7 Å². The number of amides is 1. The zero-order valence-corrected chi connectivity index (χ0v) is 13.4. The highest BCUT2D eigenvalue weighted by Gasteiger charge is 2.09. The van der Waals surface area contributed by atoms with Gasteiger partial charge in [-0.2, -0.15) is 0 Å². The van der Waals surface area contributed by atoms with E-state index >= 15 is 0 Å². The number of rotatable bonds is 5. The van der Waals surface area contributed by atoms with Gasteiger partial charge in [0.15, 0.2) is 0 Å². The van der Waals surface area contributed by atoms with E-state index in [4.69, 9.17) is 5.11 Å². The minimum absolute atomic E-state index is 0.128. The lowest BCUT2D eigenvalue weighted by Crippen LogP contribution is -2.31. The van der Waals surface area contributed by atoms with Gasteiger partial charge < -0.3 is 10.4 Å². The summed E-state index contributed by atoms with van der Waals surface area (Å²) in [5.41, 5.74) is 1.77. The third-order valence-electron chi connectivity index (χ3n) is 2.56. The average Bonchev–Trinajstić information content (AvgIpc) is 2.85. The van der Waals surface area contributed by atoms with Gasteiger partial charge in [0.1, 0.15) is 5.01 Å². The van der Waals surface area contributed by atoms with Gasteiger partial charge in [0.25, 0.3) is 0 Å². The third-order valence-corrected chi connectivity index (χ3v) is 3.99. The summed E-state index contributed by atoms with van der Waals surface area (Å²) in [7, 11) is 0. The van der Waals surface area contributed by atoms with E-state index in [1.165, 1.54) is 11.3 Å². The van der Waals surface area contributed by atoms with Gasteiger partial charge in [0.05, 0.1) is 18.2 Å². The molecule has 2 N–H and O–H groups in total. The number of hydrogen-bond acceptors (Lipinski definition) is 4. The first kappa shape index (κ1) is 15.2. The van der Waals surface area contributed by atoms with Crippen LogP contribution in [-0.4, -0.2) is 28.6 Å². The van der Waals surface area contributed by atoms with E-state index in [-0.39, 0.29) is 18.9 Å². The van der Waals surface area contributed by atoms with E-state index in [2.05, 4.69) is 26.2 Å². The molecule has 1 unspecified atom stereocenters. The van der Waals surface area contributed by atoms with Crippen LogP contribution in [0, 0.1) is 0 Å². The Morgan fingerprint density at radius 1 is 1.55 bits per heavy atom. The summed E-state index contributed by atoms with van der Waals surface area (Å²) in [6, 6.07) is 7.90. The first-order chi connectivity index (χ1) is 9.54. The predicted octanol–water partition coefficient (Wildman–Crippen LogP) is 2.61. The van der Waals surface area contributed by atoms with Crippen LogP contribution in [0.5, 0.6) is 0 Å². The van der Waals surface area contributed by atoms with Crippen LogP contribution in [0.2, 0.25) is 0 Å². The predicted molar refractivity (Wildman–Crippen MR) is 83.6 cm³/mol. The van der Waals surface area contributed by atoms with Crippen molar-refractivity contribution in [2.75, 3.05) is 6.54 Å². The fraction of sp³-hybridized carbons (Fsp3) is 0.286. The molecule has 0 radical (unpaired) electrons. The van der Waals surface area contributed by atoms with Gasteiger partial charge in [0.2, 0.25) is 5.91 Å². The first-order valence-corrected chi connectivity index (χ1v) is 7.87. The lowest BCUT2D eigenvalue weighted by molar-refractivity contribution is -0.120. The lowest BCUT2D eigenvalue weighted by Gasteiger charge is -2.05. The number of nitrogens with zero attached hydrogens (tertiary/aromatic N) is 1. The smallest absolute Gasteiger partial charge is 0.226 e. The molecule has 2 aromatic rings. The number of aliphatic hydroxyl groups excluding tert-OH is 1. The van der Waals surface area contributed by atoms with E-state index < -0.39 is 6.10 Å². The maximum absolute atomic E-state index is 11.7. The summed E-state index contributed by atoms with van der Waals surface area (Å²) >= 11 is 4.95. The average molecular weight is 355 g/mol. The van der Waals surface area contributed by atoms with Gasteiger partial charge in [-0.15, -0.1) is 11.3 Å². The standard InChI is InChI=1S/C14H15BrN2O2S/c1-9(18)7-16-13(19)6-12-8-20-14(17-12)10-3-2-4-11(15)5-10/h2-5,8-9,18H,6-7H2,1H3,(H,16,19). The fourth-order valence-electron chi connectivity index (χ4n) is 1.63. The number of halogens is 1. The molecule has 106 valence electrons. The molecule has 0 fully saturated rings. The molecule has 0 saturated heterocycles. The highest BCUT2D eigenvalue weighted by atomic mass is 79.9. The van der Waals surface area contributed by atoms with Crippen molar-refractivity contribution in [3.8, 4) is 10.6 Å². The Morgan fingerprint density at radius 2 is 2.35 bits per heavy atom. The second-order valence-corrected chi connectivity index (χ2v) is 6.26. The van der Waals surface area contributed by atoms with E-state index in [1.54, 1.807) is 6.92 Å². The van der Waals surface area contributed by atoms with Crippen molar-refractivity contribution in [2.45, 2.75) is 19.4 Å². The number of hydrogen-bond donors (Lipinski definition) is 2. The number of aliphatic hydroxyl groups is 1. The zero-order valence-electron chi connectivity index (χ0n) is 11.0. The van der Waals surface area contributed by atoms with Crippen LogP contribution >= 0.6 is 27.3 Å². The van der Waals surface area contributed by atoms with Crippen LogP contribution in [-0.2, 0) is 11.2 Å². The quantitative estimate of drug-likeness (QED) is 0.867. The molecule has 0 aliphatic heterocycles. The SMILES string of the molecule is CC(O)CNC(=O)Cc1csc(-c2cccc(Br)c2)n1. The van der Waals surface area contributed by atoms with Crippen LogP contribution in [0.25, 0.3) is 10.6 Å². The molecule has 4 nitrogen and oxygen atoms in total. The van der Waals surface area contributed by atoms with Crippen molar-refractivity contribution in [2.24, 2.45) is 0 Å². The van der Waals surface area contributed by atoms with Gasteiger partial charge in [-0.25, -0.2) is 4.98 Å². The van der Waals surface area contributed by atoms with E-state index in [9.17, 15) is 4.79 Å². The monoisotopic (exact) mass is 354 g/mol. The Hall–Kier alpha value is -1.24. The number of thiazole rings is 1. The minimum Gasteiger partial charge on any atom is -0.392 e. The number of aromatic nitrogens is 1. The molecule has 0 aliphatic rings. The molecular weight excluding hydrogens is 340 g/mol. The van der Waals surface area contributed by atoms with Gasteiger partial charge >= 0.3 is 0 Å². The Balaban J connectivity index is 2.00. The van der Waals surface area contributed by atoms with Gasteiger partial charge in [-0.05, 0) is 19.1 Å². The summed E-state index contributed by atoms with van der Waals surface area (Å²) in [4.78, 5) is 16.1. The van der Waals surface area contributed by atoms with E-state index in [1.807, 2.05) is 29.6 Å². The van der Waals surface area contributed by atoms with Crippen molar-refractivity contribution < 1.29 is 9.90 Å². The normalized spacial score (nSPS) is 12.2. The molecule has 0 saturated carbocycles. The Kier molecular flexibility index (Phi) is 5.28. The van der Waals surface area contributed by atoms with Crippen LogP contribution in [0.4, 0.5) is 0 Å². The summed E-state index contributed by atoms with van der Waals surface area (Å²) in [6.07, 6.45) is -0.302. The Morgan fingerprint density at radius 3 is 3.05 bits per heavy atom. The van der Waals surface area contributed by atoms with Crippen molar-refractivity contribution in [1.29, 1.82) is 0 Å². The molecule has 0 spiro atoms. The van der Waals surface area contributed by atoms with Crippen molar-refractivity contribution in [3.05, 3.63) is 39.8 Å². The molecule has 6 heteroatoms. The number of benzene rings is 1. The molecule has 0 aliphatic carbocycles. The molecule has 20 heavy (non-hydrogen) atoms. The van der Waals surface area contributed by atoms with E-state index in [0.29, 0.717) is 0 Å². The molecule has 2 rings (SSSR count). The summed E-state index contributed by atoms with van der Waals surface area (Å²) < 4.78 is 1.00. The maximum atomic E-state index is 11.7. The molecule has 1 aromatic heterocycles. The molecule has 1 amide bonds. The van der Waals surface area contributed by atoms with Crippen LogP contribution < -0.4 is 5.32 Å². The van der Waals surface area contributed by atoms with Crippen LogP contribution in [0.3, 0.4) is 0 Å². The summed E-state index contributed by atoms with van der Waals surface area (Å²) in [5, 5.41) is 14.6. The maximum Gasteiger partial charge on any atom is 0.226 e. The minimum atomic E-state index is -0.536. The Bertz CT molecular complexity index is 598. The van der Waals surface area contributed by atoms with Gasteiger partial charge in [0, 0.05) is 22.0 Å². The van der Waals surface area contributed by atoms with Crippen LogP contribution in [0.1, 0.15) is 12.6 Å².